The van der Waals surface area contributed by atoms with Gasteiger partial charge in [-0.15, -0.1) is 0 Å². The van der Waals surface area contributed by atoms with Crippen molar-refractivity contribution in [3.63, 3.8) is 0 Å². The number of aromatic hydroxyl groups is 1. The van der Waals surface area contributed by atoms with Gasteiger partial charge in [0.25, 0.3) is 0 Å². The maximum absolute atomic E-state index is 12.6. The molecule has 0 saturated heterocycles. The molecular weight excluding hydrogens is 468 g/mol. The molecule has 0 bridgehead atoms. The number of carboxylic acids is 2. The van der Waals surface area contributed by atoms with Gasteiger partial charge in [-0.1, -0.05) is 12.1 Å². The van der Waals surface area contributed by atoms with Crippen molar-refractivity contribution in [3.8, 4) is 5.75 Å². The first-order valence-electron chi connectivity index (χ1n) is 10.5. The number of amides is 3. The first-order chi connectivity index (χ1) is 16.3. The molecule has 1 rings (SSSR count). The van der Waals surface area contributed by atoms with Crippen LogP contribution in [0.2, 0.25) is 0 Å². The number of nitrogens with one attached hydrogen (secondary N) is 3. The van der Waals surface area contributed by atoms with Crippen LogP contribution in [-0.2, 0) is 30.4 Å². The van der Waals surface area contributed by atoms with Gasteiger partial charge in [-0.3, -0.25) is 19.2 Å². The summed E-state index contributed by atoms with van der Waals surface area (Å²) in [6.07, 6.45) is -2.37. The van der Waals surface area contributed by atoms with Crippen molar-refractivity contribution in [1.29, 1.82) is 0 Å². The standard InChI is InChI=1S/C21H30N4O10/c1-10(27)17(25-18(31)13(22)8-11-2-4-12(28)5-3-11)20(33)24-15(9-26)19(32)23-14(21(34)35)6-7-16(29)30/h2-5,10,13-15,17,26-28H,6-9,22H2,1H3,(H,23,32)(H,24,33)(H,25,31)(H,29,30)(H,34,35). The summed E-state index contributed by atoms with van der Waals surface area (Å²) in [4.78, 5) is 59.3. The lowest BCUT2D eigenvalue weighted by Gasteiger charge is -2.25. The van der Waals surface area contributed by atoms with E-state index in [0.29, 0.717) is 5.56 Å². The van der Waals surface area contributed by atoms with Gasteiger partial charge in [0, 0.05) is 6.42 Å². The van der Waals surface area contributed by atoms with Gasteiger partial charge in [0.15, 0.2) is 0 Å². The van der Waals surface area contributed by atoms with Crippen LogP contribution < -0.4 is 21.7 Å². The van der Waals surface area contributed by atoms with E-state index in [4.69, 9.17) is 15.9 Å². The lowest BCUT2D eigenvalue weighted by Crippen LogP contribution is -2.60. The largest absolute Gasteiger partial charge is 0.508 e. The van der Waals surface area contributed by atoms with E-state index >= 15 is 0 Å². The van der Waals surface area contributed by atoms with Gasteiger partial charge >= 0.3 is 11.9 Å². The number of aliphatic hydroxyl groups excluding tert-OH is 2. The molecule has 5 unspecified atom stereocenters. The van der Waals surface area contributed by atoms with Crippen LogP contribution in [0.5, 0.6) is 5.75 Å². The van der Waals surface area contributed by atoms with E-state index in [1.54, 1.807) is 12.1 Å². The number of carboxylic acid groups (broad SMARTS) is 2. The Morgan fingerprint density at radius 3 is 1.97 bits per heavy atom. The number of aliphatic carboxylic acids is 2. The van der Waals surface area contributed by atoms with Crippen LogP contribution in [0.15, 0.2) is 24.3 Å². The Hall–Kier alpha value is -3.75. The summed E-state index contributed by atoms with van der Waals surface area (Å²) in [7, 11) is 0. The summed E-state index contributed by atoms with van der Waals surface area (Å²) in [5, 5.41) is 53.0. The van der Waals surface area contributed by atoms with Crippen molar-refractivity contribution < 1.29 is 49.5 Å². The molecule has 14 nitrogen and oxygen atoms in total. The van der Waals surface area contributed by atoms with Gasteiger partial charge in [0.2, 0.25) is 17.7 Å². The van der Waals surface area contributed by atoms with E-state index in [0.717, 1.165) is 0 Å². The van der Waals surface area contributed by atoms with Gasteiger partial charge in [0.1, 0.15) is 23.9 Å². The van der Waals surface area contributed by atoms with Crippen molar-refractivity contribution in [2.45, 2.75) is 56.5 Å². The zero-order valence-electron chi connectivity index (χ0n) is 18.9. The van der Waals surface area contributed by atoms with Crippen LogP contribution in [0, 0.1) is 0 Å². The lowest BCUT2D eigenvalue weighted by molar-refractivity contribution is -0.143. The van der Waals surface area contributed by atoms with Crippen molar-refractivity contribution in [2.24, 2.45) is 5.73 Å². The minimum atomic E-state index is -1.65. The zero-order valence-corrected chi connectivity index (χ0v) is 18.9. The molecule has 1 aromatic rings. The molecule has 0 aliphatic heterocycles. The van der Waals surface area contributed by atoms with Gasteiger partial charge in [-0.2, -0.15) is 0 Å². The summed E-state index contributed by atoms with van der Waals surface area (Å²) < 4.78 is 0. The van der Waals surface area contributed by atoms with Gasteiger partial charge in [-0.05, 0) is 37.5 Å². The molecule has 0 aliphatic carbocycles. The van der Waals surface area contributed by atoms with Crippen molar-refractivity contribution >= 4 is 29.7 Å². The monoisotopic (exact) mass is 498 g/mol. The second kappa shape index (κ2) is 13.8. The summed E-state index contributed by atoms with van der Waals surface area (Å²) >= 11 is 0. The molecule has 0 heterocycles. The minimum absolute atomic E-state index is 0.0247. The number of rotatable bonds is 14. The van der Waals surface area contributed by atoms with Crippen molar-refractivity contribution in [2.75, 3.05) is 6.61 Å². The van der Waals surface area contributed by atoms with Crippen LogP contribution in [0.3, 0.4) is 0 Å². The van der Waals surface area contributed by atoms with Crippen LogP contribution in [0.4, 0.5) is 0 Å². The Labute approximate surface area is 200 Å². The molecule has 0 radical (unpaired) electrons. The van der Waals surface area contributed by atoms with Gasteiger partial charge < -0.3 is 47.2 Å². The number of carbonyl (C=O) groups excluding carboxylic acids is 3. The quantitative estimate of drug-likeness (QED) is 0.125. The molecule has 0 aromatic heterocycles. The third kappa shape index (κ3) is 9.95. The van der Waals surface area contributed by atoms with Gasteiger partial charge in [-0.25, -0.2) is 4.79 Å². The molecule has 10 N–H and O–H groups in total. The third-order valence-corrected chi connectivity index (χ3v) is 4.87. The molecule has 5 atom stereocenters. The SMILES string of the molecule is CC(O)C(NC(=O)C(N)Cc1ccc(O)cc1)C(=O)NC(CO)C(=O)NC(CCC(=O)O)C(=O)O. The van der Waals surface area contributed by atoms with E-state index < -0.39 is 79.4 Å². The Morgan fingerprint density at radius 2 is 1.49 bits per heavy atom. The number of aliphatic hydroxyl groups is 2. The number of phenols is 1. The summed E-state index contributed by atoms with van der Waals surface area (Å²) in [6.45, 7) is 0.236. The normalized spacial score (nSPS) is 15.1. The van der Waals surface area contributed by atoms with Crippen LogP contribution in [0.25, 0.3) is 0 Å². The van der Waals surface area contributed by atoms with Crippen LogP contribution >= 0.6 is 0 Å². The molecule has 35 heavy (non-hydrogen) atoms. The Kier molecular flexibility index (Phi) is 11.6. The highest BCUT2D eigenvalue weighted by Crippen LogP contribution is 2.11. The first kappa shape index (κ1) is 29.3. The maximum atomic E-state index is 12.6. The Bertz CT molecular complexity index is 906. The number of hydrogen-bond acceptors (Lipinski definition) is 9. The molecule has 0 fully saturated rings. The number of nitrogens with two attached hydrogens (primary N) is 1. The molecule has 3 amide bonds. The molecule has 14 heteroatoms. The average Bonchev–Trinajstić information content (AvgIpc) is 2.78. The van der Waals surface area contributed by atoms with Crippen LogP contribution in [0.1, 0.15) is 25.3 Å². The average molecular weight is 498 g/mol. The van der Waals surface area contributed by atoms with E-state index in [-0.39, 0.29) is 12.2 Å². The Morgan fingerprint density at radius 1 is 0.914 bits per heavy atom. The molecule has 1 aromatic carbocycles. The zero-order chi connectivity index (χ0) is 26.7. The lowest BCUT2D eigenvalue weighted by atomic mass is 10.0. The second-order valence-corrected chi connectivity index (χ2v) is 7.78. The fraction of sp³-hybridized carbons (Fsp3) is 0.476. The highest BCUT2D eigenvalue weighted by atomic mass is 16.4. The van der Waals surface area contributed by atoms with Crippen molar-refractivity contribution in [3.05, 3.63) is 29.8 Å². The molecule has 0 aliphatic rings. The topological polar surface area (TPSA) is 249 Å². The molecule has 194 valence electrons. The molecule has 0 spiro atoms. The summed E-state index contributed by atoms with van der Waals surface area (Å²) in [6, 6.07) is -0.0359. The third-order valence-electron chi connectivity index (χ3n) is 4.87. The van der Waals surface area contributed by atoms with Crippen molar-refractivity contribution in [1.82, 2.24) is 16.0 Å². The smallest absolute Gasteiger partial charge is 0.326 e. The number of carbonyl (C=O) groups is 5. The highest BCUT2D eigenvalue weighted by Gasteiger charge is 2.32. The highest BCUT2D eigenvalue weighted by molar-refractivity contribution is 5.94. The number of benzene rings is 1. The van der Waals surface area contributed by atoms with E-state index in [1.165, 1.54) is 19.1 Å². The molecular formula is C21H30N4O10. The minimum Gasteiger partial charge on any atom is -0.508 e. The van der Waals surface area contributed by atoms with E-state index in [1.807, 2.05) is 5.32 Å². The molecule has 0 saturated carbocycles. The predicted octanol–water partition coefficient (Wildman–Crippen LogP) is -2.96. The Balaban J connectivity index is 2.80. The second-order valence-electron chi connectivity index (χ2n) is 7.78. The van der Waals surface area contributed by atoms with Gasteiger partial charge in [0.05, 0.1) is 18.8 Å². The summed E-state index contributed by atoms with van der Waals surface area (Å²) in [5.41, 5.74) is 6.48. The maximum Gasteiger partial charge on any atom is 0.326 e. The van der Waals surface area contributed by atoms with Crippen LogP contribution in [-0.4, -0.2) is 92.1 Å². The fourth-order valence-electron chi connectivity index (χ4n) is 2.90. The fourth-order valence-corrected chi connectivity index (χ4v) is 2.90. The summed E-state index contributed by atoms with van der Waals surface area (Å²) in [5.74, 6) is -5.74. The number of hydrogen-bond donors (Lipinski definition) is 9. The number of phenolic OH excluding ortho intramolecular Hbond substituents is 1. The van der Waals surface area contributed by atoms with E-state index in [9.17, 15) is 39.3 Å². The van der Waals surface area contributed by atoms with E-state index in [2.05, 4.69) is 10.6 Å². The first-order valence-corrected chi connectivity index (χ1v) is 10.5. The predicted molar refractivity (Wildman–Crippen MR) is 119 cm³/mol.